The van der Waals surface area contributed by atoms with Gasteiger partial charge in [-0.15, -0.1) is 0 Å². The number of amides is 1. The third-order valence-corrected chi connectivity index (χ3v) is 1.66. The average Bonchev–Trinajstić information content (AvgIpc) is 2.11. The van der Waals surface area contributed by atoms with Crippen LogP contribution in [0.15, 0.2) is 0 Å². The van der Waals surface area contributed by atoms with Crippen LogP contribution >= 0.6 is 0 Å². The van der Waals surface area contributed by atoms with Gasteiger partial charge in [0.1, 0.15) is 6.04 Å². The molecule has 5 heteroatoms. The zero-order valence-electron chi connectivity index (χ0n) is 8.00. The Morgan fingerprint density at radius 1 is 1.54 bits per heavy atom. The lowest BCUT2D eigenvalue weighted by molar-refractivity contribution is -0.143. The van der Waals surface area contributed by atoms with Gasteiger partial charge in [0.05, 0.1) is 7.11 Å². The molecule has 1 amide bonds. The zero-order valence-corrected chi connectivity index (χ0v) is 8.00. The molecule has 1 unspecified atom stereocenters. The summed E-state index contributed by atoms with van der Waals surface area (Å²) in [5.41, 5.74) is 4.93. The number of ether oxygens (including phenoxy) is 1. The van der Waals surface area contributed by atoms with Gasteiger partial charge in [-0.1, -0.05) is 6.92 Å². The van der Waals surface area contributed by atoms with E-state index in [-0.39, 0.29) is 24.3 Å². The Morgan fingerprint density at radius 2 is 2.15 bits per heavy atom. The van der Waals surface area contributed by atoms with E-state index in [1.165, 1.54) is 7.11 Å². The van der Waals surface area contributed by atoms with Gasteiger partial charge in [0.2, 0.25) is 5.91 Å². The Balaban J connectivity index is 3.72. The van der Waals surface area contributed by atoms with E-state index in [1.54, 1.807) is 0 Å². The van der Waals surface area contributed by atoms with Crippen LogP contribution in [-0.4, -0.2) is 31.6 Å². The molecule has 0 aromatic heterocycles. The molecule has 0 aliphatic rings. The third-order valence-electron chi connectivity index (χ3n) is 1.66. The number of carbonyl (C=O) groups is 2. The van der Waals surface area contributed by atoms with Crippen LogP contribution < -0.4 is 11.1 Å². The summed E-state index contributed by atoms with van der Waals surface area (Å²) in [4.78, 5) is 21.4. The number of esters is 1. The number of hydrogen-bond donors (Lipinski definition) is 2. The molecule has 0 saturated carbocycles. The first-order valence-electron chi connectivity index (χ1n) is 4.21. The Bertz CT molecular complexity index is 182. The van der Waals surface area contributed by atoms with E-state index in [0.29, 0.717) is 13.0 Å². The van der Waals surface area contributed by atoms with Crippen molar-refractivity contribution in [3.8, 4) is 0 Å². The van der Waals surface area contributed by atoms with Gasteiger partial charge in [0.15, 0.2) is 0 Å². The molecule has 1 atom stereocenters. The largest absolute Gasteiger partial charge is 0.468 e. The van der Waals surface area contributed by atoms with E-state index in [0.717, 1.165) is 0 Å². The molecule has 76 valence electrons. The number of nitrogens with two attached hydrogens (primary N) is 1. The van der Waals surface area contributed by atoms with Gasteiger partial charge in [0.25, 0.3) is 0 Å². The van der Waals surface area contributed by atoms with Crippen molar-refractivity contribution < 1.29 is 14.3 Å². The van der Waals surface area contributed by atoms with Crippen molar-refractivity contribution in [3.63, 3.8) is 0 Å². The van der Waals surface area contributed by atoms with Crippen LogP contribution in [0.4, 0.5) is 0 Å². The van der Waals surface area contributed by atoms with Crippen LogP contribution in [0.3, 0.4) is 0 Å². The van der Waals surface area contributed by atoms with Crippen LogP contribution in [0.25, 0.3) is 0 Å². The monoisotopic (exact) mass is 188 g/mol. The smallest absolute Gasteiger partial charge is 0.322 e. The molecule has 5 nitrogen and oxygen atoms in total. The summed E-state index contributed by atoms with van der Waals surface area (Å²) in [5.74, 6) is -0.695. The van der Waals surface area contributed by atoms with Crippen LogP contribution in [0, 0.1) is 0 Å². The lowest BCUT2D eigenvalue weighted by Gasteiger charge is -2.13. The second-order valence-electron chi connectivity index (χ2n) is 2.65. The maximum atomic E-state index is 11.0. The van der Waals surface area contributed by atoms with E-state index in [1.807, 2.05) is 6.92 Å². The minimum atomic E-state index is -0.382. The summed E-state index contributed by atoms with van der Waals surface area (Å²) in [7, 11) is 1.33. The number of methoxy groups -OCH3 is 1. The molecule has 0 rings (SSSR count). The highest BCUT2D eigenvalue weighted by molar-refractivity contribution is 5.76. The number of primary amides is 1. The van der Waals surface area contributed by atoms with Gasteiger partial charge in [-0.3, -0.25) is 9.59 Å². The van der Waals surface area contributed by atoms with E-state index in [4.69, 9.17) is 5.73 Å². The minimum Gasteiger partial charge on any atom is -0.468 e. The maximum absolute atomic E-state index is 11.0. The predicted molar refractivity (Wildman–Crippen MR) is 47.9 cm³/mol. The minimum absolute atomic E-state index is 0.230. The highest BCUT2D eigenvalue weighted by Gasteiger charge is 2.15. The first-order valence-corrected chi connectivity index (χ1v) is 4.21. The SMILES string of the molecule is CCC(NCCC(N)=O)C(=O)OC. The molecule has 0 aliphatic carbocycles. The zero-order chi connectivity index (χ0) is 10.3. The number of hydrogen-bond acceptors (Lipinski definition) is 4. The molecular weight excluding hydrogens is 172 g/mol. The first-order chi connectivity index (χ1) is 6.11. The first kappa shape index (κ1) is 11.9. The molecule has 0 radical (unpaired) electrons. The van der Waals surface area contributed by atoms with Crippen molar-refractivity contribution in [1.82, 2.24) is 5.32 Å². The Morgan fingerprint density at radius 3 is 2.54 bits per heavy atom. The highest BCUT2D eigenvalue weighted by atomic mass is 16.5. The number of nitrogens with one attached hydrogen (secondary N) is 1. The van der Waals surface area contributed by atoms with Gasteiger partial charge in [-0.05, 0) is 6.42 Å². The van der Waals surface area contributed by atoms with E-state index < -0.39 is 0 Å². The summed E-state index contributed by atoms with van der Waals surface area (Å²) in [6, 6.07) is -0.343. The van der Waals surface area contributed by atoms with Crippen LogP contribution in [0.5, 0.6) is 0 Å². The molecular formula is C8H16N2O3. The summed E-state index contributed by atoms with van der Waals surface area (Å²) < 4.78 is 4.54. The van der Waals surface area contributed by atoms with E-state index >= 15 is 0 Å². The summed E-state index contributed by atoms with van der Waals surface area (Å²) >= 11 is 0. The summed E-state index contributed by atoms with van der Waals surface area (Å²) in [5, 5.41) is 2.88. The van der Waals surface area contributed by atoms with Gasteiger partial charge in [0, 0.05) is 13.0 Å². The van der Waals surface area contributed by atoms with Crippen molar-refractivity contribution in [1.29, 1.82) is 0 Å². The predicted octanol–water partition coefficient (Wildman–Crippen LogP) is -0.597. The Hall–Kier alpha value is -1.10. The van der Waals surface area contributed by atoms with Crippen molar-refractivity contribution in [3.05, 3.63) is 0 Å². The summed E-state index contributed by atoms with van der Waals surface area (Å²) in [6.07, 6.45) is 0.860. The molecule has 0 saturated heterocycles. The van der Waals surface area contributed by atoms with E-state index in [2.05, 4.69) is 10.1 Å². The molecule has 0 aromatic rings. The second kappa shape index (κ2) is 6.42. The van der Waals surface area contributed by atoms with Crippen LogP contribution in [0.2, 0.25) is 0 Å². The topological polar surface area (TPSA) is 81.4 Å². The third kappa shape index (κ3) is 5.19. The lowest BCUT2D eigenvalue weighted by atomic mass is 10.2. The number of rotatable bonds is 6. The van der Waals surface area contributed by atoms with E-state index in [9.17, 15) is 9.59 Å². The van der Waals surface area contributed by atoms with Gasteiger partial charge in [-0.25, -0.2) is 0 Å². The summed E-state index contributed by atoms with van der Waals surface area (Å²) in [6.45, 7) is 2.27. The maximum Gasteiger partial charge on any atom is 0.322 e. The fourth-order valence-electron chi connectivity index (χ4n) is 0.906. The molecule has 13 heavy (non-hydrogen) atoms. The molecule has 0 fully saturated rings. The standard InChI is InChI=1S/C8H16N2O3/c1-3-6(8(12)13-2)10-5-4-7(9)11/h6,10H,3-5H2,1-2H3,(H2,9,11). The molecule has 0 aliphatic heterocycles. The molecule has 0 heterocycles. The van der Waals surface area contributed by atoms with Gasteiger partial charge < -0.3 is 15.8 Å². The van der Waals surface area contributed by atoms with Crippen molar-refractivity contribution in [2.45, 2.75) is 25.8 Å². The Labute approximate surface area is 77.6 Å². The van der Waals surface area contributed by atoms with Gasteiger partial charge in [-0.2, -0.15) is 0 Å². The normalized spacial score (nSPS) is 12.2. The lowest BCUT2D eigenvalue weighted by Crippen LogP contribution is -2.38. The highest BCUT2D eigenvalue weighted by Crippen LogP contribution is 1.93. The van der Waals surface area contributed by atoms with Crippen LogP contribution in [-0.2, 0) is 14.3 Å². The molecule has 0 aromatic carbocycles. The van der Waals surface area contributed by atoms with Gasteiger partial charge >= 0.3 is 5.97 Å². The van der Waals surface area contributed by atoms with Crippen molar-refractivity contribution in [2.75, 3.05) is 13.7 Å². The molecule has 0 spiro atoms. The number of carbonyl (C=O) groups excluding carboxylic acids is 2. The molecule has 3 N–H and O–H groups in total. The fraction of sp³-hybridized carbons (Fsp3) is 0.750. The molecule has 0 bridgehead atoms. The van der Waals surface area contributed by atoms with Crippen molar-refractivity contribution in [2.24, 2.45) is 5.73 Å². The average molecular weight is 188 g/mol. The Kier molecular flexibility index (Phi) is 5.88. The quantitative estimate of drug-likeness (QED) is 0.545. The fourth-order valence-corrected chi connectivity index (χ4v) is 0.906. The second-order valence-corrected chi connectivity index (χ2v) is 2.65. The van der Waals surface area contributed by atoms with Crippen molar-refractivity contribution >= 4 is 11.9 Å². The van der Waals surface area contributed by atoms with Crippen LogP contribution in [0.1, 0.15) is 19.8 Å².